The minimum atomic E-state index is -2.77. The predicted octanol–water partition coefficient (Wildman–Crippen LogP) is 3.48. The molecule has 17 heavy (non-hydrogen) atoms. The number of nitrogens with two attached hydrogens (primary N) is 1. The van der Waals surface area contributed by atoms with Crippen LogP contribution in [0.25, 0.3) is 0 Å². The van der Waals surface area contributed by atoms with Crippen molar-refractivity contribution < 1.29 is 13.5 Å². The zero-order chi connectivity index (χ0) is 12.3. The first-order chi connectivity index (χ1) is 8.15. The topological polar surface area (TPSA) is 35.2 Å². The molecule has 1 aliphatic rings. The van der Waals surface area contributed by atoms with Gasteiger partial charge in [0.2, 0.25) is 0 Å². The highest BCUT2D eigenvalue weighted by Crippen LogP contribution is 2.35. The van der Waals surface area contributed by atoms with E-state index in [9.17, 15) is 8.78 Å². The molecule has 0 bridgehead atoms. The van der Waals surface area contributed by atoms with Gasteiger partial charge in [-0.05, 0) is 36.5 Å². The van der Waals surface area contributed by atoms with E-state index >= 15 is 0 Å². The smallest absolute Gasteiger partial charge is 0.387 e. The number of halogens is 2. The number of benzene rings is 1. The lowest BCUT2D eigenvalue weighted by molar-refractivity contribution is -0.0498. The van der Waals surface area contributed by atoms with Gasteiger partial charge in [-0.3, -0.25) is 0 Å². The summed E-state index contributed by atoms with van der Waals surface area (Å²) in [5.41, 5.74) is 7.01. The first-order valence-corrected chi connectivity index (χ1v) is 5.95. The Bertz CT molecular complexity index is 349. The SMILES string of the molecule is NC(CCC1CC1)c1ccc(OC(F)F)cc1. The Morgan fingerprint density at radius 1 is 1.24 bits per heavy atom. The zero-order valence-corrected chi connectivity index (χ0v) is 9.61. The van der Waals surface area contributed by atoms with Crippen molar-refractivity contribution in [3.8, 4) is 5.75 Å². The Morgan fingerprint density at radius 2 is 1.88 bits per heavy atom. The van der Waals surface area contributed by atoms with E-state index in [1.54, 1.807) is 24.3 Å². The maximum absolute atomic E-state index is 11.9. The molecule has 1 aromatic carbocycles. The molecule has 94 valence electrons. The van der Waals surface area contributed by atoms with Crippen LogP contribution in [0.2, 0.25) is 0 Å². The molecule has 0 aliphatic heterocycles. The molecule has 0 spiro atoms. The summed E-state index contributed by atoms with van der Waals surface area (Å²) in [6.45, 7) is -2.77. The van der Waals surface area contributed by atoms with Crippen LogP contribution in [0.3, 0.4) is 0 Å². The molecule has 0 aromatic heterocycles. The summed E-state index contributed by atoms with van der Waals surface area (Å²) in [7, 11) is 0. The van der Waals surface area contributed by atoms with E-state index in [2.05, 4.69) is 4.74 Å². The van der Waals surface area contributed by atoms with Crippen LogP contribution in [-0.2, 0) is 0 Å². The molecule has 2 rings (SSSR count). The number of hydrogen-bond donors (Lipinski definition) is 1. The Kier molecular flexibility index (Phi) is 3.94. The van der Waals surface area contributed by atoms with Crippen molar-refractivity contribution >= 4 is 0 Å². The summed E-state index contributed by atoms with van der Waals surface area (Å²) in [4.78, 5) is 0. The van der Waals surface area contributed by atoms with Gasteiger partial charge in [-0.1, -0.05) is 25.0 Å². The quantitative estimate of drug-likeness (QED) is 0.827. The van der Waals surface area contributed by atoms with Gasteiger partial charge in [-0.2, -0.15) is 8.78 Å². The second-order valence-electron chi connectivity index (χ2n) is 4.57. The van der Waals surface area contributed by atoms with Gasteiger partial charge < -0.3 is 10.5 Å². The van der Waals surface area contributed by atoms with Gasteiger partial charge in [0.05, 0.1) is 0 Å². The molecule has 4 heteroatoms. The van der Waals surface area contributed by atoms with E-state index in [-0.39, 0.29) is 11.8 Å². The van der Waals surface area contributed by atoms with Gasteiger partial charge in [0.1, 0.15) is 5.75 Å². The predicted molar refractivity (Wildman–Crippen MR) is 62.0 cm³/mol. The molecule has 0 radical (unpaired) electrons. The van der Waals surface area contributed by atoms with Gasteiger partial charge in [0, 0.05) is 6.04 Å². The molecule has 1 unspecified atom stereocenters. The van der Waals surface area contributed by atoms with E-state index < -0.39 is 6.61 Å². The average molecular weight is 241 g/mol. The lowest BCUT2D eigenvalue weighted by Crippen LogP contribution is -2.10. The molecule has 2 nitrogen and oxygen atoms in total. The third-order valence-corrected chi connectivity index (χ3v) is 3.12. The van der Waals surface area contributed by atoms with Gasteiger partial charge in [-0.25, -0.2) is 0 Å². The third kappa shape index (κ3) is 3.97. The fraction of sp³-hybridized carbons (Fsp3) is 0.538. The highest BCUT2D eigenvalue weighted by Gasteiger charge is 2.21. The second-order valence-corrected chi connectivity index (χ2v) is 4.57. The normalized spacial score (nSPS) is 17.2. The van der Waals surface area contributed by atoms with Crippen LogP contribution in [-0.4, -0.2) is 6.61 Å². The highest BCUT2D eigenvalue weighted by molar-refractivity contribution is 5.29. The van der Waals surface area contributed by atoms with Crippen molar-refractivity contribution in [2.75, 3.05) is 0 Å². The van der Waals surface area contributed by atoms with Crippen LogP contribution in [0.15, 0.2) is 24.3 Å². The van der Waals surface area contributed by atoms with E-state index in [4.69, 9.17) is 5.73 Å². The van der Waals surface area contributed by atoms with Gasteiger partial charge in [0.25, 0.3) is 0 Å². The average Bonchev–Trinajstić information content (AvgIpc) is 3.10. The first-order valence-electron chi connectivity index (χ1n) is 5.95. The van der Waals surface area contributed by atoms with E-state index in [1.165, 1.54) is 12.8 Å². The van der Waals surface area contributed by atoms with E-state index in [1.807, 2.05) is 0 Å². The van der Waals surface area contributed by atoms with Crippen LogP contribution in [0.4, 0.5) is 8.78 Å². The summed E-state index contributed by atoms with van der Waals surface area (Å²) < 4.78 is 28.2. The summed E-state index contributed by atoms with van der Waals surface area (Å²) in [6, 6.07) is 6.60. The molecule has 1 saturated carbocycles. The van der Waals surface area contributed by atoms with Crippen molar-refractivity contribution in [2.24, 2.45) is 11.7 Å². The monoisotopic (exact) mass is 241 g/mol. The highest BCUT2D eigenvalue weighted by atomic mass is 19.3. The van der Waals surface area contributed by atoms with Crippen LogP contribution in [0.5, 0.6) is 5.75 Å². The lowest BCUT2D eigenvalue weighted by Gasteiger charge is -2.12. The van der Waals surface area contributed by atoms with E-state index in [0.717, 1.165) is 24.3 Å². The van der Waals surface area contributed by atoms with Crippen LogP contribution >= 0.6 is 0 Å². The van der Waals surface area contributed by atoms with Crippen LogP contribution in [0, 0.1) is 5.92 Å². The molecular formula is C13H17F2NO. The van der Waals surface area contributed by atoms with Crippen LogP contribution in [0.1, 0.15) is 37.3 Å². The molecule has 1 fully saturated rings. The molecule has 0 heterocycles. The standard InChI is InChI=1S/C13H17F2NO/c14-13(15)17-11-6-4-10(5-7-11)12(16)8-3-9-1-2-9/h4-7,9,12-13H,1-3,8,16H2. The molecule has 1 aliphatic carbocycles. The Labute approximate surface area is 99.8 Å². The number of alkyl halides is 2. The van der Waals surface area contributed by atoms with Crippen LogP contribution < -0.4 is 10.5 Å². The summed E-state index contributed by atoms with van der Waals surface area (Å²) >= 11 is 0. The van der Waals surface area contributed by atoms with E-state index in [0.29, 0.717) is 0 Å². The fourth-order valence-electron chi connectivity index (χ4n) is 1.88. The Morgan fingerprint density at radius 3 is 2.41 bits per heavy atom. The lowest BCUT2D eigenvalue weighted by atomic mass is 10.0. The van der Waals surface area contributed by atoms with Gasteiger partial charge in [0.15, 0.2) is 0 Å². The van der Waals surface area contributed by atoms with Gasteiger partial charge >= 0.3 is 6.61 Å². The van der Waals surface area contributed by atoms with Crippen molar-refractivity contribution in [1.82, 2.24) is 0 Å². The largest absolute Gasteiger partial charge is 0.435 e. The molecule has 1 aromatic rings. The van der Waals surface area contributed by atoms with Crippen molar-refractivity contribution in [2.45, 2.75) is 38.3 Å². The minimum Gasteiger partial charge on any atom is -0.435 e. The zero-order valence-electron chi connectivity index (χ0n) is 9.61. The molecule has 0 amide bonds. The maximum atomic E-state index is 11.9. The third-order valence-electron chi connectivity index (χ3n) is 3.12. The van der Waals surface area contributed by atoms with Crippen molar-refractivity contribution in [3.63, 3.8) is 0 Å². The van der Waals surface area contributed by atoms with Gasteiger partial charge in [-0.15, -0.1) is 0 Å². The van der Waals surface area contributed by atoms with Crippen molar-refractivity contribution in [3.05, 3.63) is 29.8 Å². The Balaban J connectivity index is 1.86. The number of ether oxygens (including phenoxy) is 1. The minimum absolute atomic E-state index is 0.00352. The maximum Gasteiger partial charge on any atom is 0.387 e. The number of rotatable bonds is 6. The van der Waals surface area contributed by atoms with Crippen molar-refractivity contribution in [1.29, 1.82) is 0 Å². The molecule has 1 atom stereocenters. The second kappa shape index (κ2) is 5.45. The summed E-state index contributed by atoms with van der Waals surface area (Å²) in [5, 5.41) is 0. The summed E-state index contributed by atoms with van der Waals surface area (Å²) in [5.74, 6) is 1.04. The first kappa shape index (κ1) is 12.3. The molecule has 2 N–H and O–H groups in total. The fourth-order valence-corrected chi connectivity index (χ4v) is 1.88. The summed E-state index contributed by atoms with van der Waals surface area (Å²) in [6.07, 6.45) is 4.78. The molecular weight excluding hydrogens is 224 g/mol. The molecule has 0 saturated heterocycles. The number of hydrogen-bond acceptors (Lipinski definition) is 2. The Hall–Kier alpha value is -1.16.